The minimum Gasteiger partial charge on any atom is -0.444 e. The average Bonchev–Trinajstić information content (AvgIpc) is 3.33. The number of nitrogens with zero attached hydrogens (tertiary/aromatic N) is 5. The average molecular weight is 602 g/mol. The number of carbonyl (C=O) groups excluding carboxylic acids is 3. The summed E-state index contributed by atoms with van der Waals surface area (Å²) in [7, 11) is -1.95. The largest absolute Gasteiger partial charge is 0.444 e. The third-order valence-corrected chi connectivity index (χ3v) is 8.06. The minimum atomic E-state index is -3.62. The highest BCUT2D eigenvalue weighted by molar-refractivity contribution is 7.90. The lowest BCUT2D eigenvalue weighted by Crippen LogP contribution is -2.47. The maximum Gasteiger partial charge on any atom is 0.410 e. The first-order valence-electron chi connectivity index (χ1n) is 13.8. The zero-order valence-corrected chi connectivity index (χ0v) is 25.9. The Morgan fingerprint density at radius 1 is 1.17 bits per heavy atom. The van der Waals surface area contributed by atoms with Crippen molar-refractivity contribution in [2.24, 2.45) is 5.92 Å². The van der Waals surface area contributed by atoms with Gasteiger partial charge in [0.1, 0.15) is 11.3 Å². The van der Waals surface area contributed by atoms with E-state index >= 15 is 0 Å². The Morgan fingerprint density at radius 3 is 2.50 bits per heavy atom. The Bertz CT molecular complexity index is 1490. The number of ether oxygens (including phenoxy) is 1. The van der Waals surface area contributed by atoms with Crippen molar-refractivity contribution in [1.82, 2.24) is 14.9 Å². The maximum atomic E-state index is 12.9. The minimum absolute atomic E-state index is 0.00636. The van der Waals surface area contributed by atoms with E-state index in [1.807, 2.05) is 18.7 Å². The van der Waals surface area contributed by atoms with Crippen molar-refractivity contribution in [3.05, 3.63) is 24.4 Å². The zero-order valence-electron chi connectivity index (χ0n) is 25.1. The molecule has 0 spiro atoms. The molecule has 1 atom stereocenters. The van der Waals surface area contributed by atoms with Gasteiger partial charge in [0.15, 0.2) is 15.7 Å². The van der Waals surface area contributed by atoms with Gasteiger partial charge in [-0.25, -0.2) is 18.2 Å². The van der Waals surface area contributed by atoms with E-state index in [2.05, 4.69) is 20.6 Å². The highest BCUT2D eigenvalue weighted by Gasteiger charge is 2.32. The second-order valence-corrected chi connectivity index (χ2v) is 14.1. The van der Waals surface area contributed by atoms with Gasteiger partial charge in [0.05, 0.1) is 17.6 Å². The fourth-order valence-electron chi connectivity index (χ4n) is 4.82. The fraction of sp³-hybridized carbons (Fsp3) is 0.536. The summed E-state index contributed by atoms with van der Waals surface area (Å²) in [5, 5.41) is 5.85. The van der Waals surface area contributed by atoms with Crippen LogP contribution in [0, 0.1) is 5.92 Å². The van der Waals surface area contributed by atoms with Gasteiger partial charge in [0.25, 0.3) is 0 Å². The van der Waals surface area contributed by atoms with Crippen LogP contribution in [0.1, 0.15) is 47.5 Å². The van der Waals surface area contributed by atoms with Crippen molar-refractivity contribution >= 4 is 56.6 Å². The predicted octanol–water partition coefficient (Wildman–Crippen LogP) is 3.40. The van der Waals surface area contributed by atoms with Gasteiger partial charge in [-0.15, -0.1) is 0 Å². The number of nitrogens with one attached hydrogen (secondary N) is 2. The van der Waals surface area contributed by atoms with Crippen LogP contribution >= 0.6 is 0 Å². The van der Waals surface area contributed by atoms with Crippen LogP contribution in [0.5, 0.6) is 0 Å². The molecule has 1 aromatic carbocycles. The Labute approximate surface area is 246 Å². The zero-order chi connectivity index (χ0) is 31.0. The quantitative estimate of drug-likeness (QED) is 0.483. The van der Waals surface area contributed by atoms with Gasteiger partial charge < -0.3 is 30.1 Å². The van der Waals surface area contributed by atoms with Crippen molar-refractivity contribution in [2.75, 3.05) is 53.4 Å². The molecule has 0 unspecified atom stereocenters. The molecule has 0 saturated carbocycles. The Morgan fingerprint density at radius 2 is 1.86 bits per heavy atom. The number of likely N-dealkylation sites (tertiary alicyclic amines) is 1. The Hall–Kier alpha value is -3.94. The number of sulfone groups is 1. The lowest BCUT2D eigenvalue weighted by molar-refractivity contribution is -0.118. The number of amides is 3. The highest BCUT2D eigenvalue weighted by atomic mass is 32.2. The maximum absolute atomic E-state index is 12.9. The summed E-state index contributed by atoms with van der Waals surface area (Å²) >= 11 is 0. The van der Waals surface area contributed by atoms with Gasteiger partial charge in [-0.05, 0) is 65.2 Å². The molecule has 2 aliphatic rings. The summed E-state index contributed by atoms with van der Waals surface area (Å²) < 4.78 is 30.4. The Kier molecular flexibility index (Phi) is 8.67. The van der Waals surface area contributed by atoms with Gasteiger partial charge in [-0.1, -0.05) is 0 Å². The molecule has 0 aliphatic carbocycles. The van der Waals surface area contributed by atoms with Crippen LogP contribution < -0.4 is 20.4 Å². The third-order valence-electron chi connectivity index (χ3n) is 6.97. The third kappa shape index (κ3) is 7.46. The second kappa shape index (κ2) is 11.7. The normalized spacial score (nSPS) is 17.4. The van der Waals surface area contributed by atoms with Crippen LogP contribution in [0.3, 0.4) is 0 Å². The van der Waals surface area contributed by atoms with E-state index in [9.17, 15) is 22.8 Å². The van der Waals surface area contributed by atoms with Gasteiger partial charge >= 0.3 is 6.09 Å². The predicted molar refractivity (Wildman–Crippen MR) is 160 cm³/mol. The summed E-state index contributed by atoms with van der Waals surface area (Å²) in [5.41, 5.74) is 0.623. The molecule has 0 radical (unpaired) electrons. The van der Waals surface area contributed by atoms with E-state index in [4.69, 9.17) is 4.74 Å². The van der Waals surface area contributed by atoms with Gasteiger partial charge in [-0.2, -0.15) is 4.98 Å². The van der Waals surface area contributed by atoms with Crippen molar-refractivity contribution in [2.45, 2.75) is 64.0 Å². The van der Waals surface area contributed by atoms with Crippen LogP contribution in [0.4, 0.5) is 33.6 Å². The summed E-state index contributed by atoms with van der Waals surface area (Å²) in [6.07, 6.45) is 3.05. The fourth-order valence-corrected chi connectivity index (χ4v) is 5.50. The molecule has 2 aliphatic heterocycles. The number of aromatic nitrogens is 2. The molecule has 4 rings (SSSR count). The smallest absolute Gasteiger partial charge is 0.410 e. The van der Waals surface area contributed by atoms with Crippen LogP contribution in [0.15, 0.2) is 29.3 Å². The highest BCUT2D eigenvalue weighted by Crippen LogP contribution is 2.33. The van der Waals surface area contributed by atoms with Gasteiger partial charge in [-0.3, -0.25) is 9.59 Å². The molecule has 228 valence electrons. The molecule has 13 nitrogen and oxygen atoms in total. The van der Waals surface area contributed by atoms with Gasteiger partial charge in [0.2, 0.25) is 17.8 Å². The monoisotopic (exact) mass is 601 g/mol. The standard InChI is InChI=1S/C28H39N7O6S/c1-17(2)35-16-24(37)33(6)22-14-29-26(32-25(22)35)31-20-11-19(12-21(13-20)42(7,39)40)30-23(36)10-18-8-9-34(15-18)27(38)41-28(3,4)5/h11-14,17-18H,8-10,15-16H2,1-7H3,(H,30,36)(H,29,31,32)/t18-/m1/s1. The van der Waals surface area contributed by atoms with Crippen molar-refractivity contribution in [3.63, 3.8) is 0 Å². The number of fused-ring (bicyclic) bond motifs is 1. The first kappa shape index (κ1) is 31.0. The summed E-state index contributed by atoms with van der Waals surface area (Å²) in [4.78, 5) is 51.7. The molecule has 0 bridgehead atoms. The van der Waals surface area contributed by atoms with Crippen LogP contribution in [-0.4, -0.2) is 85.8 Å². The molecule has 1 aromatic heterocycles. The van der Waals surface area contributed by atoms with Crippen LogP contribution in [0.25, 0.3) is 0 Å². The van der Waals surface area contributed by atoms with E-state index in [0.29, 0.717) is 42.4 Å². The number of hydrogen-bond acceptors (Lipinski definition) is 10. The van der Waals surface area contributed by atoms with E-state index < -0.39 is 21.5 Å². The van der Waals surface area contributed by atoms with Crippen molar-refractivity contribution in [1.29, 1.82) is 0 Å². The number of carbonyl (C=O) groups is 3. The molecule has 42 heavy (non-hydrogen) atoms. The number of benzene rings is 1. The molecule has 2 aromatic rings. The van der Waals surface area contributed by atoms with Crippen LogP contribution in [0.2, 0.25) is 0 Å². The van der Waals surface area contributed by atoms with E-state index in [1.165, 1.54) is 17.0 Å². The molecule has 14 heteroatoms. The molecular formula is C28H39N7O6S. The molecule has 1 saturated heterocycles. The molecule has 2 N–H and O–H groups in total. The first-order chi connectivity index (χ1) is 19.5. The van der Waals surface area contributed by atoms with E-state index in [-0.39, 0.29) is 47.6 Å². The number of likely N-dealkylation sites (N-methyl/N-ethyl adjacent to an activating group) is 1. The molecule has 3 heterocycles. The number of rotatable bonds is 7. The summed E-state index contributed by atoms with van der Waals surface area (Å²) in [6, 6.07) is 4.46. The van der Waals surface area contributed by atoms with Crippen LogP contribution in [-0.2, 0) is 24.2 Å². The second-order valence-electron chi connectivity index (χ2n) is 12.1. The SMILES string of the molecule is CC(C)N1CC(=O)N(C)c2cnc(Nc3cc(NC(=O)C[C@H]4CCN(C(=O)OC(C)(C)C)C4)cc(S(C)(=O)=O)c3)nc21. The number of hydrogen-bond donors (Lipinski definition) is 2. The molecular weight excluding hydrogens is 562 g/mol. The van der Waals surface area contributed by atoms with Gasteiger partial charge in [0, 0.05) is 50.2 Å². The molecule has 3 amide bonds. The lowest BCUT2D eigenvalue weighted by Gasteiger charge is -2.36. The van der Waals surface area contributed by atoms with E-state index in [1.54, 1.807) is 45.0 Å². The van der Waals surface area contributed by atoms with Crippen molar-refractivity contribution in [3.8, 4) is 0 Å². The lowest BCUT2D eigenvalue weighted by atomic mass is 10.0. The summed E-state index contributed by atoms with van der Waals surface area (Å²) in [5.74, 6) is 0.364. The number of anilines is 5. The summed E-state index contributed by atoms with van der Waals surface area (Å²) in [6.45, 7) is 10.4. The van der Waals surface area contributed by atoms with E-state index in [0.717, 1.165) is 6.26 Å². The van der Waals surface area contributed by atoms with Crippen molar-refractivity contribution < 1.29 is 27.5 Å². The first-order valence-corrected chi connectivity index (χ1v) is 15.7. The topological polar surface area (TPSA) is 154 Å². The Balaban J connectivity index is 1.50. The molecule has 1 fully saturated rings.